The van der Waals surface area contributed by atoms with E-state index in [0.717, 1.165) is 64.9 Å². The molecular formula is C59H68N2O10. The number of rotatable bonds is 22. The lowest BCUT2D eigenvalue weighted by Crippen LogP contribution is -2.34. The van der Waals surface area contributed by atoms with E-state index in [9.17, 15) is 39.0 Å². The molecule has 7 rings (SSSR count). The molecule has 3 aromatic carbocycles. The van der Waals surface area contributed by atoms with E-state index in [2.05, 4.69) is 9.97 Å². The van der Waals surface area contributed by atoms with E-state index in [1.54, 1.807) is 12.4 Å². The van der Waals surface area contributed by atoms with Crippen LogP contribution in [0.5, 0.6) is 0 Å². The van der Waals surface area contributed by atoms with Gasteiger partial charge in [0.1, 0.15) is 23.8 Å². The van der Waals surface area contributed by atoms with Gasteiger partial charge >= 0.3 is 23.9 Å². The number of esters is 2. The van der Waals surface area contributed by atoms with Crippen molar-refractivity contribution in [3.63, 3.8) is 0 Å². The first-order valence-electron chi connectivity index (χ1n) is 25.0. The third-order valence-corrected chi connectivity index (χ3v) is 13.8. The number of hydrogen-bond donors (Lipinski definition) is 2. The standard InChI is InChI=1S/C35H41NO5.C24H27NO5/c1-34(2,3)41-33(39)29(23-26-14-16-28(17-15-26)30-13-7-10-22-36-30)18-19-31(37)35(20-8-9-21-35)24-32(38)40-25-27-11-5-4-6-12-27;26-21(24(16-22(27)28)12-2-3-13-24)11-10-19(23(29)30)15-17-6-8-18(9-7-17)20-5-1-4-14-25-20/h4-7,10-17,22,29H,8-9,18-21,23-25H2,1-3H3;1,4-9,14,19H,2-3,10-13,15-16H2,(H,27,28)(H,29,30). The number of Topliss-reactive ketones (excluding diaryl/α,β-unsaturated/α-hetero) is 2. The SMILES string of the molecule is CC(C)(C)OC(=O)C(CCC(=O)C1(CC(=O)OCc2ccccc2)CCCC1)Cc1ccc(-c2ccccn2)cc1.O=C(O)CC1(C(=O)CCC(Cc2ccc(-c3ccccn3)cc2)C(=O)O)CCCC1. The first kappa shape index (κ1) is 53.5. The number of carboxylic acids is 2. The van der Waals surface area contributed by atoms with Crippen LogP contribution in [0.4, 0.5) is 0 Å². The lowest BCUT2D eigenvalue weighted by Gasteiger charge is -2.28. The summed E-state index contributed by atoms with van der Waals surface area (Å²) in [5.41, 5.74) is 4.35. The smallest absolute Gasteiger partial charge is 0.309 e. The van der Waals surface area contributed by atoms with Crippen LogP contribution < -0.4 is 0 Å². The fourth-order valence-corrected chi connectivity index (χ4v) is 9.97. The number of aliphatic carboxylic acids is 2. The Labute approximate surface area is 417 Å². The van der Waals surface area contributed by atoms with Crippen LogP contribution in [0.25, 0.3) is 22.5 Å². The molecule has 0 bridgehead atoms. The molecule has 2 saturated carbocycles. The van der Waals surface area contributed by atoms with Crippen molar-refractivity contribution in [3.05, 3.63) is 144 Å². The summed E-state index contributed by atoms with van der Waals surface area (Å²) in [4.78, 5) is 84.3. The van der Waals surface area contributed by atoms with Gasteiger partial charge in [0.25, 0.3) is 0 Å². The van der Waals surface area contributed by atoms with E-state index in [4.69, 9.17) is 9.47 Å². The monoisotopic (exact) mass is 964 g/mol. The van der Waals surface area contributed by atoms with Gasteiger partial charge in [0.05, 0.1) is 36.1 Å². The van der Waals surface area contributed by atoms with Crippen molar-refractivity contribution < 1.29 is 48.5 Å². The van der Waals surface area contributed by atoms with E-state index in [1.165, 1.54) is 0 Å². The number of carboxylic acid groups (broad SMARTS) is 2. The molecule has 0 amide bonds. The van der Waals surface area contributed by atoms with Crippen LogP contribution in [-0.4, -0.2) is 61.2 Å². The highest BCUT2D eigenvalue weighted by atomic mass is 16.6. The van der Waals surface area contributed by atoms with Crippen molar-refractivity contribution in [3.8, 4) is 22.5 Å². The summed E-state index contributed by atoms with van der Waals surface area (Å²) >= 11 is 0. The Morgan fingerprint density at radius 1 is 0.563 bits per heavy atom. The Balaban J connectivity index is 0.000000244. The van der Waals surface area contributed by atoms with Crippen molar-refractivity contribution in [1.29, 1.82) is 0 Å². The molecule has 0 saturated heterocycles. The van der Waals surface area contributed by atoms with Crippen molar-refractivity contribution >= 4 is 35.4 Å². The van der Waals surface area contributed by atoms with Gasteiger partial charge in [-0.1, -0.05) is 117 Å². The molecule has 2 aliphatic rings. The number of aromatic nitrogens is 2. The van der Waals surface area contributed by atoms with Gasteiger partial charge in [-0.05, 0) is 113 Å². The molecule has 374 valence electrons. The van der Waals surface area contributed by atoms with E-state index < -0.39 is 40.2 Å². The number of carbonyl (C=O) groups is 6. The number of hydrogen-bond acceptors (Lipinski definition) is 10. The van der Waals surface area contributed by atoms with Gasteiger partial charge in [-0.2, -0.15) is 0 Å². The van der Waals surface area contributed by atoms with E-state index in [0.29, 0.717) is 44.9 Å². The minimum absolute atomic E-state index is 0.0470. The van der Waals surface area contributed by atoms with Crippen LogP contribution in [0.3, 0.4) is 0 Å². The van der Waals surface area contributed by atoms with Gasteiger partial charge in [-0.25, -0.2) is 0 Å². The molecule has 2 aliphatic carbocycles. The Bertz CT molecular complexity index is 2530. The maximum atomic E-state index is 13.7. The van der Waals surface area contributed by atoms with E-state index in [1.807, 2.05) is 136 Å². The number of ketones is 2. The van der Waals surface area contributed by atoms with E-state index in [-0.39, 0.29) is 62.2 Å². The van der Waals surface area contributed by atoms with Crippen LogP contribution in [0, 0.1) is 22.7 Å². The zero-order valence-electron chi connectivity index (χ0n) is 41.4. The number of nitrogens with zero attached hydrogens (tertiary/aromatic N) is 2. The van der Waals surface area contributed by atoms with E-state index >= 15 is 0 Å². The Morgan fingerprint density at radius 2 is 1.01 bits per heavy atom. The van der Waals surface area contributed by atoms with Gasteiger partial charge in [-0.3, -0.25) is 38.7 Å². The maximum absolute atomic E-state index is 13.7. The van der Waals surface area contributed by atoms with Gasteiger partial charge in [0, 0.05) is 47.2 Å². The molecule has 2 heterocycles. The Kier molecular flexibility index (Phi) is 19.1. The second-order valence-corrected chi connectivity index (χ2v) is 20.3. The molecule has 0 spiro atoms. The molecule has 2 aromatic heterocycles. The molecule has 2 fully saturated rings. The molecule has 2 atom stereocenters. The van der Waals surface area contributed by atoms with Crippen LogP contribution in [0.15, 0.2) is 128 Å². The van der Waals surface area contributed by atoms with Crippen molar-refractivity contribution in [2.75, 3.05) is 0 Å². The lowest BCUT2D eigenvalue weighted by molar-refractivity contribution is -0.160. The third-order valence-electron chi connectivity index (χ3n) is 13.8. The third kappa shape index (κ3) is 16.1. The Morgan fingerprint density at radius 3 is 1.45 bits per heavy atom. The summed E-state index contributed by atoms with van der Waals surface area (Å²) in [6, 6.07) is 36.7. The fourth-order valence-electron chi connectivity index (χ4n) is 9.97. The van der Waals surface area contributed by atoms with Gasteiger partial charge < -0.3 is 19.7 Å². The molecule has 12 heteroatoms. The minimum atomic E-state index is -0.965. The zero-order valence-corrected chi connectivity index (χ0v) is 41.4. The highest BCUT2D eigenvalue weighted by molar-refractivity contribution is 5.90. The topological polar surface area (TPSA) is 187 Å². The maximum Gasteiger partial charge on any atom is 0.309 e. The predicted octanol–water partition coefficient (Wildman–Crippen LogP) is 11.7. The van der Waals surface area contributed by atoms with Gasteiger partial charge in [0.15, 0.2) is 0 Å². The Hall–Kier alpha value is -6.82. The van der Waals surface area contributed by atoms with Crippen molar-refractivity contribution in [2.24, 2.45) is 22.7 Å². The molecule has 2 unspecified atom stereocenters. The van der Waals surface area contributed by atoms with Gasteiger partial charge in [-0.15, -0.1) is 0 Å². The number of benzene rings is 3. The van der Waals surface area contributed by atoms with Gasteiger partial charge in [0.2, 0.25) is 0 Å². The van der Waals surface area contributed by atoms with Crippen molar-refractivity contribution in [1.82, 2.24) is 9.97 Å². The second-order valence-electron chi connectivity index (χ2n) is 20.3. The predicted molar refractivity (Wildman–Crippen MR) is 271 cm³/mol. The summed E-state index contributed by atoms with van der Waals surface area (Å²) in [6.07, 6.45) is 11.2. The van der Waals surface area contributed by atoms with Crippen molar-refractivity contribution in [2.45, 2.75) is 136 Å². The summed E-state index contributed by atoms with van der Waals surface area (Å²) in [5, 5.41) is 18.8. The first-order valence-corrected chi connectivity index (χ1v) is 25.0. The number of carbonyl (C=O) groups excluding carboxylic acids is 4. The normalized spacial score (nSPS) is 15.6. The fraction of sp³-hybridized carbons (Fsp3) is 0.424. The first-order chi connectivity index (χ1) is 34.0. The van der Waals surface area contributed by atoms with Crippen LogP contribution in [-0.2, 0) is 57.7 Å². The second kappa shape index (κ2) is 25.3. The summed E-state index contributed by atoms with van der Waals surface area (Å²) in [5.74, 6) is -3.75. The molecule has 2 N–H and O–H groups in total. The van der Waals surface area contributed by atoms with Crippen LogP contribution >= 0.6 is 0 Å². The molecule has 12 nitrogen and oxygen atoms in total. The highest BCUT2D eigenvalue weighted by Crippen LogP contribution is 2.45. The number of ether oxygens (including phenoxy) is 2. The summed E-state index contributed by atoms with van der Waals surface area (Å²) in [6.45, 7) is 5.75. The highest BCUT2D eigenvalue weighted by Gasteiger charge is 2.44. The summed E-state index contributed by atoms with van der Waals surface area (Å²) < 4.78 is 11.3. The minimum Gasteiger partial charge on any atom is -0.481 e. The molecule has 0 radical (unpaired) electrons. The van der Waals surface area contributed by atoms with Crippen LogP contribution in [0.1, 0.15) is 127 Å². The number of pyridine rings is 2. The quantitative estimate of drug-likeness (QED) is 0.0626. The molecule has 71 heavy (non-hydrogen) atoms. The molecule has 0 aliphatic heterocycles. The van der Waals surface area contributed by atoms with Crippen LogP contribution in [0.2, 0.25) is 0 Å². The summed E-state index contributed by atoms with van der Waals surface area (Å²) in [7, 11) is 0. The lowest BCUT2D eigenvalue weighted by atomic mass is 9.76. The average Bonchev–Trinajstić information content (AvgIpc) is 4.05. The largest absolute Gasteiger partial charge is 0.481 e. The molecular weight excluding hydrogens is 897 g/mol. The molecule has 5 aromatic rings. The average molecular weight is 965 g/mol. The zero-order chi connectivity index (χ0) is 50.9.